The first kappa shape index (κ1) is 18.3. The molecule has 0 saturated carbocycles. The lowest BCUT2D eigenvalue weighted by Crippen LogP contribution is -3.15. The minimum Gasteiger partial charge on any atom is -0.497 e. The molecule has 1 aromatic carbocycles. The predicted molar refractivity (Wildman–Crippen MR) is 93.0 cm³/mol. The van der Waals surface area contributed by atoms with Gasteiger partial charge in [-0.05, 0) is 24.3 Å². The Morgan fingerprint density at radius 2 is 1.88 bits per heavy atom. The number of carbonyl (C=O) groups excluding carboxylic acids is 3. The Morgan fingerprint density at radius 1 is 1.23 bits per heavy atom. The molecule has 0 radical (unpaired) electrons. The van der Waals surface area contributed by atoms with Crippen molar-refractivity contribution in [3.63, 3.8) is 0 Å². The lowest BCUT2D eigenvalue weighted by Gasteiger charge is -2.28. The quantitative estimate of drug-likeness (QED) is 0.659. The third kappa shape index (κ3) is 3.71. The van der Waals surface area contributed by atoms with Gasteiger partial charge in [-0.3, -0.25) is 14.4 Å². The van der Waals surface area contributed by atoms with E-state index in [4.69, 9.17) is 9.47 Å². The number of imide groups is 1. The molecule has 2 saturated heterocycles. The second kappa shape index (κ2) is 7.84. The second-order valence-corrected chi connectivity index (χ2v) is 6.54. The standard InChI is InChI=1S/C18H23N3O5/c1-19(12-17(23)20-7-9-26-10-8-20)15-11-16(22)21(18(15)24)13-3-5-14(25-2)6-4-13/h3-6,15H,7-12H2,1-2H3/p+1/t15-/m0/s1. The fourth-order valence-corrected chi connectivity index (χ4v) is 3.31. The Hall–Kier alpha value is -2.45. The van der Waals surface area contributed by atoms with Crippen LogP contribution in [0.5, 0.6) is 5.75 Å². The van der Waals surface area contributed by atoms with Crippen molar-refractivity contribution in [1.82, 2.24) is 4.90 Å². The Morgan fingerprint density at radius 3 is 2.50 bits per heavy atom. The minimum atomic E-state index is -0.547. The Balaban J connectivity index is 1.66. The molecule has 1 aromatic rings. The zero-order valence-corrected chi connectivity index (χ0v) is 15.1. The highest BCUT2D eigenvalue weighted by atomic mass is 16.5. The van der Waals surface area contributed by atoms with Gasteiger partial charge in [-0.2, -0.15) is 0 Å². The van der Waals surface area contributed by atoms with Gasteiger partial charge in [0.25, 0.3) is 11.8 Å². The Kier molecular flexibility index (Phi) is 5.53. The summed E-state index contributed by atoms with van der Waals surface area (Å²) in [5.74, 6) is 0.118. The average Bonchev–Trinajstić information content (AvgIpc) is 2.97. The number of benzene rings is 1. The van der Waals surface area contributed by atoms with Crippen LogP contribution in [0.1, 0.15) is 6.42 Å². The van der Waals surface area contributed by atoms with Gasteiger partial charge in [-0.25, -0.2) is 4.90 Å². The van der Waals surface area contributed by atoms with Gasteiger partial charge >= 0.3 is 0 Å². The van der Waals surface area contributed by atoms with Crippen LogP contribution in [0.4, 0.5) is 5.69 Å². The summed E-state index contributed by atoms with van der Waals surface area (Å²) in [5, 5.41) is 0. The number of rotatable bonds is 5. The molecule has 26 heavy (non-hydrogen) atoms. The molecule has 0 bridgehead atoms. The van der Waals surface area contributed by atoms with Gasteiger partial charge in [0.2, 0.25) is 5.91 Å². The molecule has 0 spiro atoms. The molecule has 2 aliphatic rings. The summed E-state index contributed by atoms with van der Waals surface area (Å²) in [6.07, 6.45) is 0.104. The number of carbonyl (C=O) groups is 3. The van der Waals surface area contributed by atoms with E-state index in [0.717, 1.165) is 4.90 Å². The van der Waals surface area contributed by atoms with Gasteiger partial charge in [0.1, 0.15) is 5.75 Å². The number of amides is 3. The Bertz CT molecular complexity index is 685. The van der Waals surface area contributed by atoms with Gasteiger partial charge in [0.05, 0.1) is 39.5 Å². The lowest BCUT2D eigenvalue weighted by atomic mass is 10.2. The van der Waals surface area contributed by atoms with Crippen molar-refractivity contribution in [3.05, 3.63) is 24.3 Å². The van der Waals surface area contributed by atoms with Crippen LogP contribution in [0.15, 0.2) is 24.3 Å². The molecule has 1 unspecified atom stereocenters. The average molecular weight is 362 g/mol. The maximum absolute atomic E-state index is 12.8. The maximum atomic E-state index is 12.8. The van der Waals surface area contributed by atoms with E-state index in [0.29, 0.717) is 37.7 Å². The van der Waals surface area contributed by atoms with Crippen LogP contribution < -0.4 is 14.5 Å². The summed E-state index contributed by atoms with van der Waals surface area (Å²) >= 11 is 0. The second-order valence-electron chi connectivity index (χ2n) is 6.54. The molecule has 2 heterocycles. The van der Waals surface area contributed by atoms with Crippen molar-refractivity contribution in [2.75, 3.05) is 51.9 Å². The molecule has 2 aliphatic heterocycles. The van der Waals surface area contributed by atoms with E-state index in [1.54, 1.807) is 43.3 Å². The molecule has 140 valence electrons. The maximum Gasteiger partial charge on any atom is 0.292 e. The molecule has 1 N–H and O–H groups in total. The molecular weight excluding hydrogens is 338 g/mol. The van der Waals surface area contributed by atoms with Crippen LogP contribution in [-0.2, 0) is 19.1 Å². The number of likely N-dealkylation sites (N-methyl/N-ethyl adjacent to an activating group) is 1. The highest BCUT2D eigenvalue weighted by Gasteiger charge is 2.45. The van der Waals surface area contributed by atoms with E-state index in [2.05, 4.69) is 0 Å². The zero-order valence-electron chi connectivity index (χ0n) is 15.1. The van der Waals surface area contributed by atoms with Crippen molar-refractivity contribution in [3.8, 4) is 5.75 Å². The molecule has 8 nitrogen and oxygen atoms in total. The molecule has 2 fully saturated rings. The van der Waals surface area contributed by atoms with Crippen LogP contribution >= 0.6 is 0 Å². The summed E-state index contributed by atoms with van der Waals surface area (Å²) in [7, 11) is 3.34. The molecule has 3 amide bonds. The monoisotopic (exact) mass is 362 g/mol. The van der Waals surface area contributed by atoms with E-state index in [-0.39, 0.29) is 30.7 Å². The number of nitrogens with one attached hydrogen (secondary N) is 1. The van der Waals surface area contributed by atoms with Gasteiger partial charge in [-0.1, -0.05) is 0 Å². The van der Waals surface area contributed by atoms with E-state index in [9.17, 15) is 14.4 Å². The van der Waals surface area contributed by atoms with Gasteiger partial charge < -0.3 is 19.3 Å². The number of nitrogens with zero attached hydrogens (tertiary/aromatic N) is 2. The van der Waals surface area contributed by atoms with Gasteiger partial charge in [-0.15, -0.1) is 0 Å². The topological polar surface area (TPSA) is 80.6 Å². The van der Waals surface area contributed by atoms with Crippen LogP contribution in [-0.4, -0.2) is 75.7 Å². The molecular formula is C18H24N3O5+. The summed E-state index contributed by atoms with van der Waals surface area (Å²) in [4.78, 5) is 41.2. The van der Waals surface area contributed by atoms with E-state index in [1.807, 2.05) is 0 Å². The van der Waals surface area contributed by atoms with E-state index in [1.165, 1.54) is 4.90 Å². The predicted octanol–water partition coefficient (Wildman–Crippen LogP) is -1.30. The number of hydrogen-bond acceptors (Lipinski definition) is 5. The SMILES string of the molecule is COc1ccc(N2C(=O)C[C@H]([NH+](C)CC(=O)N3CCOCC3)C2=O)cc1. The number of morpholine rings is 1. The highest BCUT2D eigenvalue weighted by molar-refractivity contribution is 6.21. The van der Waals surface area contributed by atoms with Gasteiger partial charge in [0, 0.05) is 13.1 Å². The fourth-order valence-electron chi connectivity index (χ4n) is 3.31. The summed E-state index contributed by atoms with van der Waals surface area (Å²) in [6.45, 7) is 2.40. The third-order valence-electron chi connectivity index (χ3n) is 4.87. The summed E-state index contributed by atoms with van der Waals surface area (Å²) in [6, 6.07) is 6.24. The van der Waals surface area contributed by atoms with E-state index >= 15 is 0 Å². The lowest BCUT2D eigenvalue weighted by molar-refractivity contribution is -0.887. The smallest absolute Gasteiger partial charge is 0.292 e. The minimum absolute atomic E-state index is 0.0195. The number of quaternary nitrogens is 1. The third-order valence-corrected chi connectivity index (χ3v) is 4.87. The van der Waals surface area contributed by atoms with Crippen molar-refractivity contribution >= 4 is 23.4 Å². The number of methoxy groups -OCH3 is 1. The summed E-state index contributed by atoms with van der Waals surface area (Å²) in [5.41, 5.74) is 0.524. The van der Waals surface area contributed by atoms with Crippen LogP contribution in [0.3, 0.4) is 0 Å². The first-order valence-electron chi connectivity index (χ1n) is 8.70. The molecule has 0 aromatic heterocycles. The molecule has 8 heteroatoms. The summed E-state index contributed by atoms with van der Waals surface area (Å²) < 4.78 is 10.4. The zero-order chi connectivity index (χ0) is 18.7. The fraction of sp³-hybridized carbons (Fsp3) is 0.500. The first-order valence-corrected chi connectivity index (χ1v) is 8.70. The normalized spacial score (nSPS) is 21.8. The number of hydrogen-bond donors (Lipinski definition) is 1. The Labute approximate surface area is 152 Å². The number of ether oxygens (including phenoxy) is 2. The van der Waals surface area contributed by atoms with Crippen molar-refractivity contribution in [2.45, 2.75) is 12.5 Å². The number of anilines is 1. The molecule has 0 aliphatic carbocycles. The molecule has 3 rings (SSSR count). The largest absolute Gasteiger partial charge is 0.497 e. The van der Waals surface area contributed by atoms with Crippen molar-refractivity contribution in [1.29, 1.82) is 0 Å². The van der Waals surface area contributed by atoms with Gasteiger partial charge in [0.15, 0.2) is 12.6 Å². The molecule has 2 atom stereocenters. The van der Waals surface area contributed by atoms with Crippen molar-refractivity contribution in [2.24, 2.45) is 0 Å². The van der Waals surface area contributed by atoms with E-state index < -0.39 is 6.04 Å². The van der Waals surface area contributed by atoms with Crippen LogP contribution in [0, 0.1) is 0 Å². The van der Waals surface area contributed by atoms with Crippen molar-refractivity contribution < 1.29 is 28.8 Å². The van der Waals surface area contributed by atoms with Crippen LogP contribution in [0.2, 0.25) is 0 Å². The highest BCUT2D eigenvalue weighted by Crippen LogP contribution is 2.24. The first-order chi connectivity index (χ1) is 12.5. The van der Waals surface area contributed by atoms with Crippen LogP contribution in [0.25, 0.3) is 0 Å².